The number of carboxylic acids is 1. The van der Waals surface area contributed by atoms with Crippen molar-refractivity contribution in [1.82, 2.24) is 15.2 Å². The van der Waals surface area contributed by atoms with Crippen LogP contribution in [-0.4, -0.2) is 26.3 Å². The number of H-pyrrole nitrogens is 2. The molecule has 3 N–H and O–H groups in total. The quantitative estimate of drug-likeness (QED) is 0.544. The van der Waals surface area contributed by atoms with Crippen LogP contribution in [0.3, 0.4) is 0 Å². The smallest absolute Gasteiger partial charge is 0.340 e. The van der Waals surface area contributed by atoms with E-state index in [1.54, 1.807) is 0 Å². The summed E-state index contributed by atoms with van der Waals surface area (Å²) in [5, 5.41) is 14.4. The number of aromatic nitrogens is 3. The molecule has 6 nitrogen and oxygen atoms in total. The zero-order chi connectivity index (χ0) is 8.72. The standard InChI is InChI=1S/C6H7N3O3/c10-5(11)3-1-2(3)4-7-6(12)9-8-4/h2-3H,1H2,(H,10,11)(H2,7,8,9,12). The largest absolute Gasteiger partial charge is 0.481 e. The highest BCUT2D eigenvalue weighted by Gasteiger charge is 2.46. The molecule has 0 saturated heterocycles. The van der Waals surface area contributed by atoms with Gasteiger partial charge in [0.25, 0.3) is 0 Å². The first kappa shape index (κ1) is 7.08. The lowest BCUT2D eigenvalue weighted by molar-refractivity contribution is -0.138. The van der Waals surface area contributed by atoms with Gasteiger partial charge in [0.05, 0.1) is 5.92 Å². The van der Waals surface area contributed by atoms with Crippen LogP contribution < -0.4 is 5.69 Å². The Morgan fingerprint density at radius 3 is 2.83 bits per heavy atom. The fraction of sp³-hybridized carbons (Fsp3) is 0.500. The lowest BCUT2D eigenvalue weighted by Gasteiger charge is -1.87. The van der Waals surface area contributed by atoms with Gasteiger partial charge in [0.15, 0.2) is 0 Å². The van der Waals surface area contributed by atoms with E-state index in [2.05, 4.69) is 15.2 Å². The van der Waals surface area contributed by atoms with Crippen molar-refractivity contribution in [3.8, 4) is 0 Å². The second-order valence-corrected chi connectivity index (χ2v) is 2.85. The molecule has 0 aliphatic heterocycles. The van der Waals surface area contributed by atoms with E-state index >= 15 is 0 Å². The molecular formula is C6H7N3O3. The van der Waals surface area contributed by atoms with Gasteiger partial charge in [-0.2, -0.15) is 5.10 Å². The van der Waals surface area contributed by atoms with E-state index < -0.39 is 5.97 Å². The van der Waals surface area contributed by atoms with Gasteiger partial charge < -0.3 is 5.11 Å². The predicted octanol–water partition coefficient (Wildman–Crippen LogP) is -0.714. The van der Waals surface area contributed by atoms with E-state index in [-0.39, 0.29) is 17.5 Å². The molecule has 1 aliphatic rings. The van der Waals surface area contributed by atoms with Crippen LogP contribution in [0.2, 0.25) is 0 Å². The Kier molecular flexibility index (Phi) is 1.30. The van der Waals surface area contributed by atoms with Gasteiger partial charge in [-0.15, -0.1) is 0 Å². The molecule has 2 atom stereocenters. The molecule has 6 heteroatoms. The van der Waals surface area contributed by atoms with Gasteiger partial charge in [0, 0.05) is 5.92 Å². The number of rotatable bonds is 2. The lowest BCUT2D eigenvalue weighted by atomic mass is 10.3. The molecular weight excluding hydrogens is 162 g/mol. The van der Waals surface area contributed by atoms with E-state index in [0.29, 0.717) is 12.2 Å². The third-order valence-corrected chi connectivity index (χ3v) is 1.98. The Morgan fingerprint density at radius 2 is 2.42 bits per heavy atom. The predicted molar refractivity (Wildman–Crippen MR) is 37.7 cm³/mol. The van der Waals surface area contributed by atoms with Crippen LogP contribution in [0, 0.1) is 5.92 Å². The fourth-order valence-corrected chi connectivity index (χ4v) is 1.23. The Bertz CT molecular complexity index is 366. The van der Waals surface area contributed by atoms with Gasteiger partial charge in [-0.05, 0) is 6.42 Å². The number of carboxylic acid groups (broad SMARTS) is 1. The number of nitrogens with one attached hydrogen (secondary N) is 2. The third kappa shape index (κ3) is 1.01. The van der Waals surface area contributed by atoms with Crippen LogP contribution in [-0.2, 0) is 4.79 Å². The average Bonchev–Trinajstić information content (AvgIpc) is 2.70. The molecule has 0 amide bonds. The zero-order valence-electron chi connectivity index (χ0n) is 6.07. The summed E-state index contributed by atoms with van der Waals surface area (Å²) in [6.07, 6.45) is 0.566. The summed E-state index contributed by atoms with van der Waals surface area (Å²) >= 11 is 0. The van der Waals surface area contributed by atoms with Gasteiger partial charge in [-0.3, -0.25) is 9.78 Å². The third-order valence-electron chi connectivity index (χ3n) is 1.98. The van der Waals surface area contributed by atoms with Gasteiger partial charge in [-0.1, -0.05) is 0 Å². The fourth-order valence-electron chi connectivity index (χ4n) is 1.23. The Labute approximate surface area is 66.6 Å². The van der Waals surface area contributed by atoms with Gasteiger partial charge in [0.1, 0.15) is 5.82 Å². The van der Waals surface area contributed by atoms with E-state index in [1.807, 2.05) is 0 Å². The molecule has 1 aliphatic carbocycles. The summed E-state index contributed by atoms with van der Waals surface area (Å²) in [6, 6.07) is 0. The zero-order valence-corrected chi connectivity index (χ0v) is 6.07. The van der Waals surface area contributed by atoms with Crippen molar-refractivity contribution >= 4 is 5.97 Å². The van der Waals surface area contributed by atoms with Crippen molar-refractivity contribution in [1.29, 1.82) is 0 Å². The lowest BCUT2D eigenvalue weighted by Crippen LogP contribution is -2.02. The molecule has 1 heterocycles. The first-order chi connectivity index (χ1) is 5.68. The van der Waals surface area contributed by atoms with Crippen LogP contribution in [0.15, 0.2) is 4.79 Å². The van der Waals surface area contributed by atoms with E-state index in [9.17, 15) is 9.59 Å². The molecule has 2 unspecified atom stereocenters. The SMILES string of the molecule is O=C(O)C1CC1c1n[nH]c(=O)[nH]1. The first-order valence-corrected chi connectivity index (χ1v) is 3.56. The van der Waals surface area contributed by atoms with Crippen molar-refractivity contribution in [3.05, 3.63) is 16.3 Å². The molecule has 0 spiro atoms. The van der Waals surface area contributed by atoms with Crippen molar-refractivity contribution < 1.29 is 9.90 Å². The summed E-state index contributed by atoms with van der Waals surface area (Å²) in [5.41, 5.74) is -0.388. The van der Waals surface area contributed by atoms with Crippen LogP contribution in [0.1, 0.15) is 18.2 Å². The second-order valence-electron chi connectivity index (χ2n) is 2.85. The summed E-state index contributed by atoms with van der Waals surface area (Å²) < 4.78 is 0. The van der Waals surface area contributed by atoms with Gasteiger partial charge in [0.2, 0.25) is 0 Å². The van der Waals surface area contributed by atoms with Crippen molar-refractivity contribution in [2.75, 3.05) is 0 Å². The first-order valence-electron chi connectivity index (χ1n) is 3.56. The molecule has 64 valence electrons. The van der Waals surface area contributed by atoms with Crippen LogP contribution >= 0.6 is 0 Å². The highest BCUT2D eigenvalue weighted by atomic mass is 16.4. The Hall–Kier alpha value is -1.59. The number of nitrogens with zero attached hydrogens (tertiary/aromatic N) is 1. The molecule has 1 aromatic heterocycles. The normalized spacial score (nSPS) is 27.0. The van der Waals surface area contributed by atoms with E-state index in [4.69, 9.17) is 5.11 Å². The number of aromatic amines is 2. The van der Waals surface area contributed by atoms with Crippen molar-refractivity contribution in [2.24, 2.45) is 5.92 Å². The van der Waals surface area contributed by atoms with Gasteiger partial charge >= 0.3 is 11.7 Å². The minimum absolute atomic E-state index is 0.110. The van der Waals surface area contributed by atoms with Crippen LogP contribution in [0.4, 0.5) is 0 Å². The number of carbonyl (C=O) groups is 1. The maximum Gasteiger partial charge on any atom is 0.340 e. The summed E-state index contributed by atoms with van der Waals surface area (Å²) in [5.74, 6) is -0.860. The van der Waals surface area contributed by atoms with E-state index in [0.717, 1.165) is 0 Å². The molecule has 0 aromatic carbocycles. The number of aliphatic carboxylic acids is 1. The monoisotopic (exact) mass is 169 g/mol. The summed E-state index contributed by atoms with van der Waals surface area (Å²) in [7, 11) is 0. The summed E-state index contributed by atoms with van der Waals surface area (Å²) in [6.45, 7) is 0. The van der Waals surface area contributed by atoms with Crippen molar-refractivity contribution in [2.45, 2.75) is 12.3 Å². The molecule has 1 aromatic rings. The van der Waals surface area contributed by atoms with Crippen LogP contribution in [0.25, 0.3) is 0 Å². The maximum atomic E-state index is 10.6. The minimum atomic E-state index is -0.830. The highest BCUT2D eigenvalue weighted by Crippen LogP contribution is 2.45. The molecule has 1 fully saturated rings. The number of hydrogen-bond donors (Lipinski definition) is 3. The molecule has 1 saturated carbocycles. The van der Waals surface area contributed by atoms with E-state index in [1.165, 1.54) is 0 Å². The molecule has 12 heavy (non-hydrogen) atoms. The summed E-state index contributed by atoms with van der Waals surface area (Å²) in [4.78, 5) is 23.4. The molecule has 2 rings (SSSR count). The Balaban J connectivity index is 2.15. The number of hydrogen-bond acceptors (Lipinski definition) is 3. The highest BCUT2D eigenvalue weighted by molar-refractivity contribution is 5.74. The Morgan fingerprint density at radius 1 is 1.67 bits per heavy atom. The molecule has 0 radical (unpaired) electrons. The maximum absolute atomic E-state index is 10.6. The second kappa shape index (κ2) is 2.20. The topological polar surface area (TPSA) is 98.8 Å². The van der Waals surface area contributed by atoms with Crippen molar-refractivity contribution in [3.63, 3.8) is 0 Å². The van der Waals surface area contributed by atoms with Crippen LogP contribution in [0.5, 0.6) is 0 Å². The van der Waals surface area contributed by atoms with Gasteiger partial charge in [-0.25, -0.2) is 9.89 Å². The average molecular weight is 169 g/mol. The molecule has 0 bridgehead atoms. The minimum Gasteiger partial charge on any atom is -0.481 e.